The van der Waals surface area contributed by atoms with E-state index in [2.05, 4.69) is 5.32 Å². The predicted molar refractivity (Wildman–Crippen MR) is 72.0 cm³/mol. The van der Waals surface area contributed by atoms with Crippen LogP contribution in [-0.2, 0) is 10.0 Å². The average Bonchev–Trinajstić information content (AvgIpc) is 2.86. The number of hydrogen-bond donors (Lipinski definition) is 1. The lowest BCUT2D eigenvalue weighted by Crippen LogP contribution is -2.41. The van der Waals surface area contributed by atoms with E-state index in [1.165, 1.54) is 16.4 Å². The van der Waals surface area contributed by atoms with Crippen LogP contribution >= 0.6 is 0 Å². The van der Waals surface area contributed by atoms with Gasteiger partial charge in [-0.3, -0.25) is 0 Å². The molecule has 0 saturated carbocycles. The van der Waals surface area contributed by atoms with Gasteiger partial charge < -0.3 is 5.32 Å². The molecule has 106 valence electrons. The summed E-state index contributed by atoms with van der Waals surface area (Å²) in [6, 6.07) is 4.04. The van der Waals surface area contributed by atoms with Gasteiger partial charge in [0.2, 0.25) is 10.0 Å². The summed E-state index contributed by atoms with van der Waals surface area (Å²) in [6.07, 6.45) is 0.793. The Morgan fingerprint density at radius 2 is 2.21 bits per heavy atom. The van der Waals surface area contributed by atoms with E-state index in [1.807, 2.05) is 0 Å². The molecule has 0 amide bonds. The molecule has 1 aromatic carbocycles. The Balaban J connectivity index is 2.36. The number of sulfonamides is 1. The van der Waals surface area contributed by atoms with Crippen LogP contribution in [-0.4, -0.2) is 38.4 Å². The molecule has 4 nitrogen and oxygen atoms in total. The second kappa shape index (κ2) is 5.56. The van der Waals surface area contributed by atoms with E-state index in [0.29, 0.717) is 18.7 Å². The lowest BCUT2D eigenvalue weighted by Gasteiger charge is -2.26. The molecular formula is C13H19FN2O2S. The molecule has 6 heteroatoms. The largest absolute Gasteiger partial charge is 0.315 e. The second-order valence-corrected chi connectivity index (χ2v) is 6.66. The van der Waals surface area contributed by atoms with Gasteiger partial charge in [-0.25, -0.2) is 12.8 Å². The summed E-state index contributed by atoms with van der Waals surface area (Å²) in [7, 11) is -3.62. The minimum atomic E-state index is -3.62. The van der Waals surface area contributed by atoms with E-state index in [9.17, 15) is 12.8 Å². The third-order valence-electron chi connectivity index (χ3n) is 3.50. The third kappa shape index (κ3) is 2.80. The smallest absolute Gasteiger partial charge is 0.243 e. The molecule has 0 aliphatic carbocycles. The van der Waals surface area contributed by atoms with Gasteiger partial charge in [0.05, 0.1) is 4.90 Å². The van der Waals surface area contributed by atoms with Gasteiger partial charge in [0.1, 0.15) is 5.82 Å². The van der Waals surface area contributed by atoms with Gasteiger partial charge in [0.15, 0.2) is 0 Å². The Morgan fingerprint density at radius 3 is 2.74 bits per heavy atom. The molecule has 1 saturated heterocycles. The maximum Gasteiger partial charge on any atom is 0.243 e. The predicted octanol–water partition coefficient (Wildman–Crippen LogP) is 1.51. The number of rotatable bonds is 4. The first-order chi connectivity index (χ1) is 8.96. The minimum Gasteiger partial charge on any atom is -0.315 e. The monoisotopic (exact) mass is 286 g/mol. The quantitative estimate of drug-likeness (QED) is 0.912. The molecule has 1 fully saturated rings. The molecule has 1 unspecified atom stereocenters. The van der Waals surface area contributed by atoms with Crippen molar-refractivity contribution in [2.24, 2.45) is 0 Å². The first kappa shape index (κ1) is 14.4. The second-order valence-electron chi connectivity index (χ2n) is 4.77. The van der Waals surface area contributed by atoms with Gasteiger partial charge >= 0.3 is 0 Å². The van der Waals surface area contributed by atoms with Crippen LogP contribution in [0.3, 0.4) is 0 Å². The number of benzene rings is 1. The fourth-order valence-electron chi connectivity index (χ4n) is 2.38. The molecule has 1 aliphatic heterocycles. The van der Waals surface area contributed by atoms with Crippen molar-refractivity contribution in [2.75, 3.05) is 19.6 Å². The zero-order chi connectivity index (χ0) is 14.0. The fourth-order valence-corrected chi connectivity index (χ4v) is 4.05. The van der Waals surface area contributed by atoms with E-state index in [0.717, 1.165) is 19.0 Å². The molecule has 0 aromatic heterocycles. The minimum absolute atomic E-state index is 0.0318. The van der Waals surface area contributed by atoms with Crippen molar-refractivity contribution in [3.63, 3.8) is 0 Å². The van der Waals surface area contributed by atoms with Gasteiger partial charge in [0.25, 0.3) is 0 Å². The molecule has 1 N–H and O–H groups in total. The highest BCUT2D eigenvalue weighted by atomic mass is 32.2. The summed E-state index contributed by atoms with van der Waals surface area (Å²) >= 11 is 0. The highest BCUT2D eigenvalue weighted by molar-refractivity contribution is 7.89. The van der Waals surface area contributed by atoms with Crippen molar-refractivity contribution in [2.45, 2.75) is 31.2 Å². The van der Waals surface area contributed by atoms with Crippen LogP contribution in [0.15, 0.2) is 23.1 Å². The van der Waals surface area contributed by atoms with Crippen molar-refractivity contribution < 1.29 is 12.8 Å². The number of likely N-dealkylation sites (N-methyl/N-ethyl adjacent to an activating group) is 1. The average molecular weight is 286 g/mol. The van der Waals surface area contributed by atoms with E-state index in [1.54, 1.807) is 13.8 Å². The Hall–Kier alpha value is -0.980. The number of aryl methyl sites for hydroxylation is 1. The summed E-state index contributed by atoms with van der Waals surface area (Å²) in [5, 5.41) is 3.15. The van der Waals surface area contributed by atoms with Gasteiger partial charge in [-0.1, -0.05) is 13.0 Å². The molecular weight excluding hydrogens is 267 g/mol. The standard InChI is InChI=1S/C13H19FN2O2S/c1-3-16(11-6-7-15-9-11)19(17,18)12-5-4-10(2)13(14)8-12/h4-5,8,11,15H,3,6-7,9H2,1-2H3. The third-order valence-corrected chi connectivity index (χ3v) is 5.53. The van der Waals surface area contributed by atoms with Crippen LogP contribution in [0.1, 0.15) is 18.9 Å². The summed E-state index contributed by atoms with van der Waals surface area (Å²) < 4.78 is 40.1. The topological polar surface area (TPSA) is 49.4 Å². The van der Waals surface area contributed by atoms with Crippen LogP contribution in [0.25, 0.3) is 0 Å². The van der Waals surface area contributed by atoms with Gasteiger partial charge in [0, 0.05) is 19.1 Å². The van der Waals surface area contributed by atoms with E-state index in [-0.39, 0.29) is 10.9 Å². The summed E-state index contributed by atoms with van der Waals surface area (Å²) in [4.78, 5) is 0.0318. The zero-order valence-corrected chi connectivity index (χ0v) is 12.0. The maximum atomic E-state index is 13.6. The zero-order valence-electron chi connectivity index (χ0n) is 11.2. The molecule has 0 radical (unpaired) electrons. The number of halogens is 1. The molecule has 1 aliphatic rings. The highest BCUT2D eigenvalue weighted by Crippen LogP contribution is 2.22. The summed E-state index contributed by atoms with van der Waals surface area (Å²) in [5.74, 6) is -0.485. The van der Waals surface area contributed by atoms with Crippen LogP contribution in [0.4, 0.5) is 4.39 Å². The first-order valence-electron chi connectivity index (χ1n) is 6.45. The molecule has 1 atom stereocenters. The Morgan fingerprint density at radius 1 is 1.47 bits per heavy atom. The lowest BCUT2D eigenvalue weighted by molar-refractivity contribution is 0.348. The Kier molecular flexibility index (Phi) is 4.23. The van der Waals surface area contributed by atoms with Crippen molar-refractivity contribution in [1.29, 1.82) is 0 Å². The van der Waals surface area contributed by atoms with Crippen molar-refractivity contribution >= 4 is 10.0 Å². The Labute approximate surface area is 113 Å². The number of nitrogens with one attached hydrogen (secondary N) is 1. The molecule has 1 aromatic rings. The van der Waals surface area contributed by atoms with Crippen LogP contribution in [0.5, 0.6) is 0 Å². The first-order valence-corrected chi connectivity index (χ1v) is 7.89. The van der Waals surface area contributed by atoms with Crippen molar-refractivity contribution in [3.05, 3.63) is 29.6 Å². The summed E-state index contributed by atoms with van der Waals surface area (Å²) in [6.45, 7) is 5.29. The maximum absolute atomic E-state index is 13.6. The molecule has 0 spiro atoms. The molecule has 19 heavy (non-hydrogen) atoms. The van der Waals surface area contributed by atoms with Crippen LogP contribution in [0.2, 0.25) is 0 Å². The normalized spacial score (nSPS) is 20.1. The van der Waals surface area contributed by atoms with E-state index in [4.69, 9.17) is 0 Å². The molecule has 1 heterocycles. The van der Waals surface area contributed by atoms with Gasteiger partial charge in [-0.15, -0.1) is 0 Å². The van der Waals surface area contributed by atoms with Crippen molar-refractivity contribution in [3.8, 4) is 0 Å². The van der Waals surface area contributed by atoms with E-state index < -0.39 is 15.8 Å². The SMILES string of the molecule is CCN(C1CCNC1)S(=O)(=O)c1ccc(C)c(F)c1. The Bertz CT molecular complexity index is 554. The van der Waals surface area contributed by atoms with Gasteiger partial charge in [-0.05, 0) is 37.6 Å². The lowest BCUT2D eigenvalue weighted by atomic mass is 10.2. The van der Waals surface area contributed by atoms with Gasteiger partial charge in [-0.2, -0.15) is 4.31 Å². The highest BCUT2D eigenvalue weighted by Gasteiger charge is 2.32. The molecule has 0 bridgehead atoms. The fraction of sp³-hybridized carbons (Fsp3) is 0.538. The van der Waals surface area contributed by atoms with Crippen LogP contribution in [0, 0.1) is 12.7 Å². The van der Waals surface area contributed by atoms with E-state index >= 15 is 0 Å². The number of nitrogens with zero attached hydrogens (tertiary/aromatic N) is 1. The van der Waals surface area contributed by atoms with Crippen molar-refractivity contribution in [1.82, 2.24) is 9.62 Å². The number of hydrogen-bond acceptors (Lipinski definition) is 3. The summed E-state index contributed by atoms with van der Waals surface area (Å²) in [5.41, 5.74) is 0.449. The molecule has 2 rings (SSSR count). The van der Waals surface area contributed by atoms with Crippen LogP contribution < -0.4 is 5.32 Å².